The van der Waals surface area contributed by atoms with Gasteiger partial charge in [-0.2, -0.15) is 0 Å². The lowest BCUT2D eigenvalue weighted by Crippen LogP contribution is -2.38. The van der Waals surface area contributed by atoms with Crippen molar-refractivity contribution >= 4 is 5.96 Å². The standard InChI is InChI=1S/C19H30N4O2/c1-6-15(7-2)17-11-16(25-23-17)12-21-19(20-8-3)22-14(5)18-10-9-13(4)24-18/h9-11,14-15H,6-8,12H2,1-5H3,(H2,20,21,22). The quantitative estimate of drug-likeness (QED) is 0.551. The molecular weight excluding hydrogens is 316 g/mol. The molecule has 25 heavy (non-hydrogen) atoms. The molecule has 0 aromatic carbocycles. The van der Waals surface area contributed by atoms with Crippen molar-refractivity contribution in [2.24, 2.45) is 4.99 Å². The van der Waals surface area contributed by atoms with Crippen LogP contribution in [0.3, 0.4) is 0 Å². The maximum Gasteiger partial charge on any atom is 0.192 e. The maximum absolute atomic E-state index is 5.67. The fraction of sp³-hybridized carbons (Fsp3) is 0.579. The first-order valence-corrected chi connectivity index (χ1v) is 9.13. The van der Waals surface area contributed by atoms with Gasteiger partial charge in [0, 0.05) is 18.5 Å². The van der Waals surface area contributed by atoms with E-state index in [1.807, 2.05) is 39.0 Å². The first kappa shape index (κ1) is 19.1. The van der Waals surface area contributed by atoms with E-state index in [1.165, 1.54) is 0 Å². The molecule has 1 atom stereocenters. The second-order valence-corrected chi connectivity index (χ2v) is 6.24. The zero-order valence-corrected chi connectivity index (χ0v) is 15.9. The van der Waals surface area contributed by atoms with Crippen LogP contribution in [0.15, 0.2) is 32.1 Å². The van der Waals surface area contributed by atoms with E-state index in [4.69, 9.17) is 8.94 Å². The Hall–Kier alpha value is -2.24. The van der Waals surface area contributed by atoms with Crippen LogP contribution < -0.4 is 10.6 Å². The van der Waals surface area contributed by atoms with E-state index in [0.717, 1.165) is 48.3 Å². The van der Waals surface area contributed by atoms with Gasteiger partial charge in [-0.05, 0) is 45.7 Å². The lowest BCUT2D eigenvalue weighted by atomic mass is 9.99. The Labute approximate surface area is 150 Å². The second-order valence-electron chi connectivity index (χ2n) is 6.24. The zero-order valence-electron chi connectivity index (χ0n) is 15.9. The van der Waals surface area contributed by atoms with E-state index in [1.54, 1.807) is 0 Å². The maximum atomic E-state index is 5.67. The lowest BCUT2D eigenvalue weighted by molar-refractivity contribution is 0.372. The van der Waals surface area contributed by atoms with Crippen molar-refractivity contribution in [2.75, 3.05) is 6.54 Å². The highest BCUT2D eigenvalue weighted by molar-refractivity contribution is 5.80. The molecule has 0 bridgehead atoms. The number of guanidine groups is 1. The summed E-state index contributed by atoms with van der Waals surface area (Å²) in [7, 11) is 0. The summed E-state index contributed by atoms with van der Waals surface area (Å²) in [5.41, 5.74) is 1.02. The van der Waals surface area contributed by atoms with Gasteiger partial charge < -0.3 is 19.6 Å². The number of rotatable bonds is 8. The summed E-state index contributed by atoms with van der Waals surface area (Å²) in [6.45, 7) is 11.6. The van der Waals surface area contributed by atoms with E-state index in [9.17, 15) is 0 Å². The fourth-order valence-corrected chi connectivity index (χ4v) is 2.74. The molecule has 0 aliphatic carbocycles. The largest absolute Gasteiger partial charge is 0.464 e. The Morgan fingerprint density at radius 2 is 2.00 bits per heavy atom. The summed E-state index contributed by atoms with van der Waals surface area (Å²) < 4.78 is 11.1. The van der Waals surface area contributed by atoms with Crippen molar-refractivity contribution in [3.8, 4) is 0 Å². The Kier molecular flexibility index (Phi) is 7.10. The monoisotopic (exact) mass is 346 g/mol. The van der Waals surface area contributed by atoms with Gasteiger partial charge in [0.15, 0.2) is 11.7 Å². The number of aromatic nitrogens is 1. The van der Waals surface area contributed by atoms with Gasteiger partial charge in [-0.1, -0.05) is 19.0 Å². The molecule has 2 aromatic rings. The molecule has 0 aliphatic rings. The zero-order chi connectivity index (χ0) is 18.2. The highest BCUT2D eigenvalue weighted by Crippen LogP contribution is 2.22. The van der Waals surface area contributed by atoms with Gasteiger partial charge in [0.25, 0.3) is 0 Å². The van der Waals surface area contributed by atoms with E-state index < -0.39 is 0 Å². The third-order valence-corrected chi connectivity index (χ3v) is 4.26. The van der Waals surface area contributed by atoms with Gasteiger partial charge in [-0.3, -0.25) is 0 Å². The minimum Gasteiger partial charge on any atom is -0.464 e. The number of aryl methyl sites for hydroxylation is 1. The van der Waals surface area contributed by atoms with E-state index >= 15 is 0 Å². The fourth-order valence-electron chi connectivity index (χ4n) is 2.74. The van der Waals surface area contributed by atoms with Crippen molar-refractivity contribution in [3.05, 3.63) is 41.2 Å². The van der Waals surface area contributed by atoms with Gasteiger partial charge in [0.2, 0.25) is 0 Å². The minimum atomic E-state index is 0.0290. The third-order valence-electron chi connectivity index (χ3n) is 4.26. The molecule has 0 saturated heterocycles. The van der Waals surface area contributed by atoms with Crippen molar-refractivity contribution < 1.29 is 8.94 Å². The highest BCUT2D eigenvalue weighted by Gasteiger charge is 2.14. The Morgan fingerprint density at radius 3 is 2.60 bits per heavy atom. The number of furan rings is 1. The first-order valence-electron chi connectivity index (χ1n) is 9.13. The van der Waals surface area contributed by atoms with Crippen LogP contribution in [-0.4, -0.2) is 17.7 Å². The molecule has 138 valence electrons. The third kappa shape index (κ3) is 5.37. The molecule has 2 aromatic heterocycles. The van der Waals surface area contributed by atoms with Gasteiger partial charge >= 0.3 is 0 Å². The molecule has 6 heteroatoms. The van der Waals surface area contributed by atoms with Crippen LogP contribution in [-0.2, 0) is 6.54 Å². The summed E-state index contributed by atoms with van der Waals surface area (Å²) in [4.78, 5) is 4.60. The van der Waals surface area contributed by atoms with E-state index in [0.29, 0.717) is 12.5 Å². The first-order chi connectivity index (χ1) is 12.1. The normalized spacial score (nSPS) is 13.3. The Bertz CT molecular complexity index is 671. The molecule has 2 heterocycles. The van der Waals surface area contributed by atoms with Crippen LogP contribution in [0.4, 0.5) is 0 Å². The van der Waals surface area contributed by atoms with Crippen molar-refractivity contribution in [2.45, 2.75) is 66.0 Å². The summed E-state index contributed by atoms with van der Waals surface area (Å²) >= 11 is 0. The number of nitrogens with zero attached hydrogens (tertiary/aromatic N) is 2. The van der Waals surface area contributed by atoms with Crippen LogP contribution in [0.2, 0.25) is 0 Å². The number of hydrogen-bond donors (Lipinski definition) is 2. The molecule has 6 nitrogen and oxygen atoms in total. The number of aliphatic imine (C=N–C) groups is 1. The van der Waals surface area contributed by atoms with E-state index in [2.05, 4.69) is 34.6 Å². The van der Waals surface area contributed by atoms with Crippen molar-refractivity contribution in [1.29, 1.82) is 0 Å². The van der Waals surface area contributed by atoms with Gasteiger partial charge in [0.05, 0.1) is 11.7 Å². The second kappa shape index (κ2) is 9.30. The molecule has 0 aliphatic heterocycles. The Balaban J connectivity index is 2.01. The predicted molar refractivity (Wildman–Crippen MR) is 99.6 cm³/mol. The summed E-state index contributed by atoms with van der Waals surface area (Å²) in [5.74, 6) is 3.75. The van der Waals surface area contributed by atoms with Gasteiger partial charge in [-0.25, -0.2) is 4.99 Å². The van der Waals surface area contributed by atoms with Crippen molar-refractivity contribution in [1.82, 2.24) is 15.8 Å². The SMILES string of the molecule is CCNC(=NCc1cc(C(CC)CC)no1)NC(C)c1ccc(C)o1. The van der Waals surface area contributed by atoms with Crippen LogP contribution >= 0.6 is 0 Å². The molecule has 0 spiro atoms. The predicted octanol–water partition coefficient (Wildman–Crippen LogP) is 4.30. The lowest BCUT2D eigenvalue weighted by Gasteiger charge is -2.15. The molecular formula is C19H30N4O2. The molecule has 1 unspecified atom stereocenters. The molecule has 0 fully saturated rings. The molecule has 2 rings (SSSR count). The minimum absolute atomic E-state index is 0.0290. The van der Waals surface area contributed by atoms with Gasteiger partial charge in [-0.15, -0.1) is 0 Å². The summed E-state index contributed by atoms with van der Waals surface area (Å²) in [5, 5.41) is 10.8. The molecule has 0 saturated carbocycles. The topological polar surface area (TPSA) is 75.6 Å². The smallest absolute Gasteiger partial charge is 0.192 e. The van der Waals surface area contributed by atoms with Crippen molar-refractivity contribution in [3.63, 3.8) is 0 Å². The van der Waals surface area contributed by atoms with E-state index in [-0.39, 0.29) is 6.04 Å². The van der Waals surface area contributed by atoms with Crippen LogP contribution in [0, 0.1) is 6.92 Å². The van der Waals surface area contributed by atoms with Gasteiger partial charge in [0.1, 0.15) is 18.1 Å². The highest BCUT2D eigenvalue weighted by atomic mass is 16.5. The van der Waals surface area contributed by atoms with Crippen LogP contribution in [0.5, 0.6) is 0 Å². The van der Waals surface area contributed by atoms with Crippen LogP contribution in [0.25, 0.3) is 0 Å². The molecule has 2 N–H and O–H groups in total. The number of nitrogens with one attached hydrogen (secondary N) is 2. The van der Waals surface area contributed by atoms with Crippen LogP contribution in [0.1, 0.15) is 75.5 Å². The molecule has 0 radical (unpaired) electrons. The average molecular weight is 346 g/mol. The summed E-state index contributed by atoms with van der Waals surface area (Å²) in [6.07, 6.45) is 2.13. The average Bonchev–Trinajstić information content (AvgIpc) is 3.23. The summed E-state index contributed by atoms with van der Waals surface area (Å²) in [6, 6.07) is 5.99. The number of hydrogen-bond acceptors (Lipinski definition) is 4. The molecule has 0 amide bonds. The Morgan fingerprint density at radius 1 is 1.24 bits per heavy atom.